The molecule has 24 heavy (non-hydrogen) atoms. The van der Waals surface area contributed by atoms with Crippen LogP contribution in [0.4, 0.5) is 0 Å². The highest BCUT2D eigenvalue weighted by molar-refractivity contribution is 7.80. The van der Waals surface area contributed by atoms with Gasteiger partial charge in [-0.1, -0.05) is 42.5 Å². The fourth-order valence-corrected chi connectivity index (χ4v) is 2.58. The molecule has 0 aliphatic rings. The quantitative estimate of drug-likeness (QED) is 0.499. The molecule has 3 N–H and O–H groups in total. The number of hydrogen-bond donors (Lipinski definition) is 3. The largest absolute Gasteiger partial charge is 0.296 e. The van der Waals surface area contributed by atoms with E-state index in [4.69, 9.17) is 12.2 Å². The maximum Gasteiger partial charge on any atom is 0.279 e. The van der Waals surface area contributed by atoms with Gasteiger partial charge in [-0.3, -0.25) is 20.1 Å². The standard InChI is InChI=1S/C17H16N4O2S/c1-11(12-7-3-2-4-8-12)18-19-17(24)21-16(23)14-10-6-5-9-13(14)15(22)20-21/h2-11,18H,1H3,(H,19,24)(H,20,22). The van der Waals surface area contributed by atoms with Crippen molar-refractivity contribution in [2.24, 2.45) is 0 Å². The molecule has 7 heteroatoms. The Hall–Kier alpha value is -2.77. The summed E-state index contributed by atoms with van der Waals surface area (Å²) in [6, 6.07) is 16.4. The fraction of sp³-hybridized carbons (Fsp3) is 0.118. The van der Waals surface area contributed by atoms with E-state index < -0.39 is 0 Å². The van der Waals surface area contributed by atoms with Crippen LogP contribution >= 0.6 is 12.2 Å². The maximum atomic E-state index is 12.5. The second-order valence-corrected chi connectivity index (χ2v) is 5.72. The van der Waals surface area contributed by atoms with Gasteiger partial charge in [-0.2, -0.15) is 4.68 Å². The van der Waals surface area contributed by atoms with Crippen molar-refractivity contribution >= 4 is 28.1 Å². The number of H-pyrrole nitrogens is 1. The third kappa shape index (κ3) is 3.12. The third-order valence-corrected chi connectivity index (χ3v) is 4.00. The Balaban J connectivity index is 1.83. The summed E-state index contributed by atoms with van der Waals surface area (Å²) in [7, 11) is 0. The van der Waals surface area contributed by atoms with E-state index in [9.17, 15) is 9.59 Å². The van der Waals surface area contributed by atoms with E-state index in [0.29, 0.717) is 10.8 Å². The van der Waals surface area contributed by atoms with E-state index in [1.165, 1.54) is 0 Å². The Bertz CT molecular complexity index is 995. The first-order valence-electron chi connectivity index (χ1n) is 7.43. The van der Waals surface area contributed by atoms with E-state index in [1.54, 1.807) is 24.3 Å². The molecule has 0 spiro atoms. The Morgan fingerprint density at radius 2 is 1.67 bits per heavy atom. The van der Waals surface area contributed by atoms with Crippen molar-refractivity contribution in [2.45, 2.75) is 13.0 Å². The number of aromatic nitrogens is 2. The fourth-order valence-electron chi connectivity index (χ4n) is 2.39. The van der Waals surface area contributed by atoms with Gasteiger partial charge in [0.25, 0.3) is 11.1 Å². The molecule has 0 aliphatic carbocycles. The topological polar surface area (TPSA) is 78.9 Å². The highest BCUT2D eigenvalue weighted by Crippen LogP contribution is 2.09. The van der Waals surface area contributed by atoms with Crippen LogP contribution in [0.3, 0.4) is 0 Å². The zero-order valence-electron chi connectivity index (χ0n) is 12.9. The predicted molar refractivity (Wildman–Crippen MR) is 98.0 cm³/mol. The van der Waals surface area contributed by atoms with E-state index in [0.717, 1.165) is 10.2 Å². The summed E-state index contributed by atoms with van der Waals surface area (Å²) >= 11 is 5.22. The van der Waals surface area contributed by atoms with Gasteiger partial charge < -0.3 is 0 Å². The average Bonchev–Trinajstić information content (AvgIpc) is 2.63. The first kappa shape index (κ1) is 16.1. The van der Waals surface area contributed by atoms with Crippen LogP contribution in [0.2, 0.25) is 0 Å². The van der Waals surface area contributed by atoms with Gasteiger partial charge in [0.2, 0.25) is 5.11 Å². The maximum absolute atomic E-state index is 12.5. The molecule has 6 nitrogen and oxygen atoms in total. The SMILES string of the molecule is CC(NNC(=S)n1[nH]c(=O)c2ccccc2c1=O)c1ccccc1. The van der Waals surface area contributed by atoms with E-state index >= 15 is 0 Å². The van der Waals surface area contributed by atoms with Crippen molar-refractivity contribution in [1.29, 1.82) is 0 Å². The molecule has 3 rings (SSSR count). The highest BCUT2D eigenvalue weighted by Gasteiger charge is 2.11. The number of aromatic amines is 1. The van der Waals surface area contributed by atoms with Crippen LogP contribution in [0, 0.1) is 0 Å². The lowest BCUT2D eigenvalue weighted by Gasteiger charge is -2.17. The van der Waals surface area contributed by atoms with Gasteiger partial charge in [0.15, 0.2) is 0 Å². The molecule has 1 heterocycles. The van der Waals surface area contributed by atoms with Crippen LogP contribution in [-0.4, -0.2) is 14.9 Å². The minimum absolute atomic E-state index is 0.0352. The minimum Gasteiger partial charge on any atom is -0.296 e. The molecular weight excluding hydrogens is 324 g/mol. The van der Waals surface area contributed by atoms with Crippen LogP contribution in [0.1, 0.15) is 18.5 Å². The summed E-state index contributed by atoms with van der Waals surface area (Å²) in [6.07, 6.45) is 0. The summed E-state index contributed by atoms with van der Waals surface area (Å²) in [4.78, 5) is 24.6. The number of thiocarbonyl (C=S) groups is 1. The number of rotatable bonds is 3. The Morgan fingerprint density at radius 1 is 1.04 bits per heavy atom. The van der Waals surface area contributed by atoms with Gasteiger partial charge >= 0.3 is 0 Å². The molecule has 3 aromatic rings. The smallest absolute Gasteiger partial charge is 0.279 e. The van der Waals surface area contributed by atoms with E-state index in [-0.39, 0.29) is 22.3 Å². The summed E-state index contributed by atoms with van der Waals surface area (Å²) in [5.41, 5.74) is 6.14. The van der Waals surface area contributed by atoms with Gasteiger partial charge in [0, 0.05) is 6.04 Å². The first-order chi connectivity index (χ1) is 11.6. The third-order valence-electron chi connectivity index (χ3n) is 3.72. The molecule has 0 radical (unpaired) electrons. The van der Waals surface area contributed by atoms with Crippen LogP contribution in [-0.2, 0) is 0 Å². The molecular formula is C17H16N4O2S. The average molecular weight is 340 g/mol. The van der Waals surface area contributed by atoms with Gasteiger partial charge in [-0.25, -0.2) is 5.43 Å². The van der Waals surface area contributed by atoms with Crippen LogP contribution in [0.25, 0.3) is 10.8 Å². The number of benzene rings is 2. The Morgan fingerprint density at radius 3 is 2.38 bits per heavy atom. The molecule has 0 bridgehead atoms. The summed E-state index contributed by atoms with van der Waals surface area (Å²) in [5.74, 6) is 0. The monoisotopic (exact) mass is 340 g/mol. The summed E-state index contributed by atoms with van der Waals surface area (Å²) in [5, 5.41) is 3.22. The van der Waals surface area contributed by atoms with Crippen molar-refractivity contribution in [3.8, 4) is 0 Å². The zero-order valence-corrected chi connectivity index (χ0v) is 13.8. The van der Waals surface area contributed by atoms with E-state index in [1.807, 2.05) is 37.3 Å². The van der Waals surface area contributed by atoms with E-state index in [2.05, 4.69) is 16.0 Å². The second kappa shape index (κ2) is 6.77. The van der Waals surface area contributed by atoms with Gasteiger partial charge in [-0.15, -0.1) is 0 Å². The molecule has 2 aromatic carbocycles. The van der Waals surface area contributed by atoms with Crippen molar-refractivity contribution in [3.63, 3.8) is 0 Å². The molecule has 0 aliphatic heterocycles. The molecule has 122 valence electrons. The molecule has 1 unspecified atom stereocenters. The summed E-state index contributed by atoms with van der Waals surface area (Å²) < 4.78 is 1.03. The van der Waals surface area contributed by atoms with Gasteiger partial charge in [0.1, 0.15) is 0 Å². The number of nitrogens with one attached hydrogen (secondary N) is 3. The van der Waals surface area contributed by atoms with Crippen molar-refractivity contribution in [3.05, 3.63) is 80.9 Å². The number of hydrogen-bond acceptors (Lipinski definition) is 4. The lowest BCUT2D eigenvalue weighted by Crippen LogP contribution is -2.47. The normalized spacial score (nSPS) is 12.0. The second-order valence-electron chi connectivity index (χ2n) is 5.33. The zero-order chi connectivity index (χ0) is 17.1. The lowest BCUT2D eigenvalue weighted by atomic mass is 10.1. The van der Waals surface area contributed by atoms with Gasteiger partial charge in [-0.05, 0) is 36.8 Å². The molecule has 0 saturated carbocycles. The van der Waals surface area contributed by atoms with Gasteiger partial charge in [0.05, 0.1) is 10.8 Å². The predicted octanol–water partition coefficient (Wildman–Crippen LogP) is 1.68. The van der Waals surface area contributed by atoms with Crippen LogP contribution < -0.4 is 22.0 Å². The summed E-state index contributed by atoms with van der Waals surface area (Å²) in [6.45, 7) is 1.96. The first-order valence-corrected chi connectivity index (χ1v) is 7.83. The van der Waals surface area contributed by atoms with Crippen molar-refractivity contribution in [2.75, 3.05) is 0 Å². The number of nitrogens with zero attached hydrogens (tertiary/aromatic N) is 1. The Kier molecular flexibility index (Phi) is 4.54. The van der Waals surface area contributed by atoms with Crippen LogP contribution in [0.5, 0.6) is 0 Å². The van der Waals surface area contributed by atoms with Crippen molar-refractivity contribution < 1.29 is 0 Å². The molecule has 1 atom stereocenters. The van der Waals surface area contributed by atoms with Crippen molar-refractivity contribution in [1.82, 2.24) is 20.6 Å². The molecule has 0 amide bonds. The number of hydrazine groups is 1. The Labute approximate surface area is 143 Å². The molecule has 0 saturated heterocycles. The number of fused-ring (bicyclic) bond motifs is 1. The minimum atomic E-state index is -0.378. The highest BCUT2D eigenvalue weighted by atomic mass is 32.1. The molecule has 1 aromatic heterocycles. The lowest BCUT2D eigenvalue weighted by molar-refractivity contribution is 0.536. The van der Waals surface area contributed by atoms with Crippen LogP contribution in [0.15, 0.2) is 64.2 Å². The molecule has 0 fully saturated rings.